The summed E-state index contributed by atoms with van der Waals surface area (Å²) in [5.74, 6) is 0.00115. The van der Waals surface area contributed by atoms with Crippen molar-refractivity contribution in [2.24, 2.45) is 0 Å². The quantitative estimate of drug-likeness (QED) is 0.757. The minimum Gasteiger partial charge on any atom is -0.335 e. The molecule has 0 bridgehead atoms. The fraction of sp³-hybridized carbons (Fsp3) is 0.381. The lowest BCUT2D eigenvalue weighted by Gasteiger charge is -2.16. The largest absolute Gasteiger partial charge is 0.335 e. The van der Waals surface area contributed by atoms with Gasteiger partial charge in [0.15, 0.2) is 0 Å². The molecule has 1 aromatic carbocycles. The second-order valence-corrected chi connectivity index (χ2v) is 7.33. The average Bonchev–Trinajstić information content (AvgIpc) is 3.40. The van der Waals surface area contributed by atoms with Crippen LogP contribution in [0.1, 0.15) is 45.6 Å². The second kappa shape index (κ2) is 7.39. The first kappa shape index (κ1) is 17.5. The molecule has 1 atom stereocenters. The zero-order valence-corrected chi connectivity index (χ0v) is 15.9. The van der Waals surface area contributed by atoms with E-state index in [0.717, 1.165) is 42.9 Å². The van der Waals surface area contributed by atoms with E-state index in [9.17, 15) is 4.79 Å². The zero-order valence-electron chi connectivity index (χ0n) is 15.9. The summed E-state index contributed by atoms with van der Waals surface area (Å²) in [7, 11) is 0. The van der Waals surface area contributed by atoms with Crippen molar-refractivity contribution in [3.05, 3.63) is 70.8 Å². The number of aryl methyl sites for hydroxylation is 4. The first-order valence-electron chi connectivity index (χ1n) is 9.50. The van der Waals surface area contributed by atoms with Gasteiger partial charge in [0.25, 0.3) is 5.91 Å². The summed E-state index contributed by atoms with van der Waals surface area (Å²) in [5, 5.41) is 11.8. The zero-order chi connectivity index (χ0) is 18.8. The number of carbonyl (C=O) groups excluding carboxylic acids is 1. The van der Waals surface area contributed by atoms with Gasteiger partial charge in [-0.3, -0.25) is 14.6 Å². The summed E-state index contributed by atoms with van der Waals surface area (Å²) < 4.78 is 2.05. The maximum absolute atomic E-state index is 12.8. The Morgan fingerprint density at radius 3 is 2.74 bits per heavy atom. The van der Waals surface area contributed by atoms with Gasteiger partial charge in [-0.05, 0) is 50.8 Å². The number of hydrogen-bond acceptors (Lipinski definition) is 3. The summed E-state index contributed by atoms with van der Waals surface area (Å²) in [4.78, 5) is 14.7. The van der Waals surface area contributed by atoms with E-state index < -0.39 is 0 Å². The molecule has 1 amide bonds. The molecule has 3 aromatic rings. The maximum Gasteiger partial charge on any atom is 0.274 e. The monoisotopic (exact) mass is 363 g/mol. The van der Waals surface area contributed by atoms with Crippen molar-refractivity contribution in [3.8, 4) is 0 Å². The highest BCUT2D eigenvalue weighted by Gasteiger charge is 2.30. The van der Waals surface area contributed by atoms with Crippen molar-refractivity contribution >= 4 is 5.91 Å². The van der Waals surface area contributed by atoms with Crippen molar-refractivity contribution in [3.63, 3.8) is 0 Å². The van der Waals surface area contributed by atoms with Gasteiger partial charge in [-0.1, -0.05) is 30.3 Å². The van der Waals surface area contributed by atoms with Gasteiger partial charge in [0, 0.05) is 24.5 Å². The van der Waals surface area contributed by atoms with Gasteiger partial charge in [-0.15, -0.1) is 0 Å². The van der Waals surface area contributed by atoms with Crippen LogP contribution in [0.3, 0.4) is 0 Å². The molecular formula is C21H25N5O. The third kappa shape index (κ3) is 3.79. The topological polar surface area (TPSA) is 66.8 Å². The fourth-order valence-electron chi connectivity index (χ4n) is 3.83. The highest BCUT2D eigenvalue weighted by Crippen LogP contribution is 2.24. The number of hydrogen-bond donors (Lipinski definition) is 1. The Kier molecular flexibility index (Phi) is 4.79. The number of nitrogens with one attached hydrogen (secondary N) is 1. The smallest absolute Gasteiger partial charge is 0.274 e. The molecule has 1 unspecified atom stereocenters. The third-order valence-corrected chi connectivity index (χ3v) is 5.22. The van der Waals surface area contributed by atoms with Crippen molar-refractivity contribution in [2.45, 2.75) is 39.2 Å². The lowest BCUT2D eigenvalue weighted by atomic mass is 10.1. The number of H-pyrrole nitrogens is 1. The Hall–Kier alpha value is -2.89. The summed E-state index contributed by atoms with van der Waals surface area (Å²) in [6, 6.07) is 14.6. The molecule has 140 valence electrons. The molecule has 1 aliphatic heterocycles. The summed E-state index contributed by atoms with van der Waals surface area (Å²) in [5.41, 5.74) is 4.96. The minimum absolute atomic E-state index is 0.00115. The number of amides is 1. The number of nitrogens with zero attached hydrogens (tertiary/aromatic N) is 4. The van der Waals surface area contributed by atoms with E-state index in [1.54, 1.807) is 0 Å². The molecule has 0 spiro atoms. The Labute approximate surface area is 159 Å². The van der Waals surface area contributed by atoms with Crippen molar-refractivity contribution in [1.29, 1.82) is 0 Å². The molecule has 1 fully saturated rings. The number of benzene rings is 1. The number of likely N-dealkylation sites (tertiary alicyclic amines) is 1. The Balaban J connectivity index is 1.37. The van der Waals surface area contributed by atoms with E-state index in [-0.39, 0.29) is 11.9 Å². The number of aromatic amines is 1. The van der Waals surface area contributed by atoms with Crippen LogP contribution in [0, 0.1) is 13.8 Å². The van der Waals surface area contributed by atoms with E-state index in [1.165, 1.54) is 5.56 Å². The molecule has 0 radical (unpaired) electrons. The van der Waals surface area contributed by atoms with E-state index in [1.807, 2.05) is 36.1 Å². The van der Waals surface area contributed by atoms with Crippen LogP contribution in [-0.2, 0) is 12.8 Å². The predicted octanol–water partition coefficient (Wildman–Crippen LogP) is 3.10. The van der Waals surface area contributed by atoms with Crippen LogP contribution in [0.15, 0.2) is 42.5 Å². The first-order valence-corrected chi connectivity index (χ1v) is 9.50. The standard InChI is InChI=1S/C21H25N5O/c1-15-12-16(2)26(24-15)19-10-11-25(14-19)21(27)20-13-18(22-23-20)9-8-17-6-4-3-5-7-17/h3-7,12-13,19H,8-11,14H2,1-2H3,(H,22,23). The van der Waals surface area contributed by atoms with Gasteiger partial charge < -0.3 is 4.90 Å². The van der Waals surface area contributed by atoms with Gasteiger partial charge in [-0.25, -0.2) is 0 Å². The van der Waals surface area contributed by atoms with Crippen LogP contribution in [0.4, 0.5) is 0 Å². The van der Waals surface area contributed by atoms with E-state index in [2.05, 4.69) is 45.1 Å². The Morgan fingerprint density at radius 1 is 1.19 bits per heavy atom. The average molecular weight is 363 g/mol. The van der Waals surface area contributed by atoms with Gasteiger partial charge in [0.05, 0.1) is 11.7 Å². The summed E-state index contributed by atoms with van der Waals surface area (Å²) in [6.45, 7) is 5.50. The molecule has 6 nitrogen and oxygen atoms in total. The maximum atomic E-state index is 12.8. The third-order valence-electron chi connectivity index (χ3n) is 5.22. The normalized spacial score (nSPS) is 16.8. The van der Waals surface area contributed by atoms with Crippen LogP contribution in [0.2, 0.25) is 0 Å². The van der Waals surface area contributed by atoms with Crippen LogP contribution < -0.4 is 0 Å². The minimum atomic E-state index is 0.00115. The molecular weight excluding hydrogens is 338 g/mol. The lowest BCUT2D eigenvalue weighted by Crippen LogP contribution is -2.29. The molecule has 6 heteroatoms. The predicted molar refractivity (Wildman–Crippen MR) is 104 cm³/mol. The van der Waals surface area contributed by atoms with Gasteiger partial charge in [0.2, 0.25) is 0 Å². The van der Waals surface area contributed by atoms with Crippen LogP contribution >= 0.6 is 0 Å². The number of carbonyl (C=O) groups is 1. The highest BCUT2D eigenvalue weighted by atomic mass is 16.2. The fourth-order valence-corrected chi connectivity index (χ4v) is 3.83. The molecule has 3 heterocycles. The number of rotatable bonds is 5. The second-order valence-electron chi connectivity index (χ2n) is 7.33. The molecule has 0 saturated carbocycles. The van der Waals surface area contributed by atoms with Gasteiger partial charge in [0.1, 0.15) is 5.69 Å². The summed E-state index contributed by atoms with van der Waals surface area (Å²) in [6.07, 6.45) is 2.71. The van der Waals surface area contributed by atoms with Crippen molar-refractivity contribution in [2.75, 3.05) is 13.1 Å². The molecule has 1 N–H and O–H groups in total. The number of aromatic nitrogens is 4. The molecule has 27 heavy (non-hydrogen) atoms. The van der Waals surface area contributed by atoms with E-state index in [4.69, 9.17) is 0 Å². The molecule has 2 aromatic heterocycles. The summed E-state index contributed by atoms with van der Waals surface area (Å²) >= 11 is 0. The molecule has 4 rings (SSSR count). The van der Waals surface area contributed by atoms with Gasteiger partial charge >= 0.3 is 0 Å². The molecule has 0 aliphatic carbocycles. The first-order chi connectivity index (χ1) is 13.1. The molecule has 1 saturated heterocycles. The van der Waals surface area contributed by atoms with Crippen molar-refractivity contribution in [1.82, 2.24) is 24.9 Å². The SMILES string of the molecule is Cc1cc(C)n(C2CCN(C(=O)c3cc(CCc4ccccc4)[nH]n3)C2)n1. The van der Waals surface area contributed by atoms with E-state index in [0.29, 0.717) is 12.2 Å². The Bertz CT molecular complexity index is 927. The Morgan fingerprint density at radius 2 is 2.00 bits per heavy atom. The van der Waals surface area contributed by atoms with Crippen LogP contribution in [0.5, 0.6) is 0 Å². The van der Waals surface area contributed by atoms with Crippen LogP contribution in [0.25, 0.3) is 0 Å². The van der Waals surface area contributed by atoms with Gasteiger partial charge in [-0.2, -0.15) is 10.2 Å². The highest BCUT2D eigenvalue weighted by molar-refractivity contribution is 5.92. The molecule has 1 aliphatic rings. The lowest BCUT2D eigenvalue weighted by molar-refractivity contribution is 0.0781. The van der Waals surface area contributed by atoms with Crippen LogP contribution in [-0.4, -0.2) is 43.9 Å². The van der Waals surface area contributed by atoms with Crippen molar-refractivity contribution < 1.29 is 4.79 Å². The van der Waals surface area contributed by atoms with E-state index >= 15 is 0 Å².